The maximum Gasteiger partial charge on any atom is 0.313 e. The highest BCUT2D eigenvalue weighted by atomic mass is 79.9. The van der Waals surface area contributed by atoms with E-state index in [0.29, 0.717) is 31.2 Å². The van der Waals surface area contributed by atoms with Gasteiger partial charge in [0.05, 0.1) is 30.6 Å². The lowest BCUT2D eigenvalue weighted by Crippen LogP contribution is -2.57. The number of aliphatic hydroxyl groups is 1. The number of methoxy groups -OCH3 is 1. The number of fused-ring (bicyclic) bond motifs is 1. The number of esters is 1. The SMILES string of the molecule is C=CCCC(=O)N[C@H](COC)[C@H](OC(=O)[C@@H]1[C@H]2O[C@@]3(CC2Br)[C@H](C(=O)N(CC=C)c2cc(C)ccc2C)N(CCCCCCO)C(=O)[C@@H]13)c1ccccc1. The Labute approximate surface area is 327 Å². The summed E-state index contributed by atoms with van der Waals surface area (Å²) >= 11 is 3.78. The number of rotatable bonds is 20. The number of hydrogen-bond donors (Lipinski definition) is 2. The lowest BCUT2D eigenvalue weighted by molar-refractivity contribution is -0.163. The number of carbonyl (C=O) groups is 4. The van der Waals surface area contributed by atoms with Crippen molar-refractivity contribution in [2.75, 3.05) is 38.3 Å². The van der Waals surface area contributed by atoms with E-state index in [0.717, 1.165) is 29.7 Å². The van der Waals surface area contributed by atoms with Crippen molar-refractivity contribution in [3.05, 3.63) is 90.5 Å². The molecule has 3 amide bonds. The van der Waals surface area contributed by atoms with Gasteiger partial charge in [-0.1, -0.05) is 83.4 Å². The predicted octanol–water partition coefficient (Wildman–Crippen LogP) is 5.51. The van der Waals surface area contributed by atoms with Gasteiger partial charge in [0.15, 0.2) is 0 Å². The molecule has 0 saturated carbocycles. The largest absolute Gasteiger partial charge is 0.455 e. The first-order valence-electron chi connectivity index (χ1n) is 18.9. The summed E-state index contributed by atoms with van der Waals surface area (Å²) in [6.07, 6.45) is 5.47. The van der Waals surface area contributed by atoms with Gasteiger partial charge in [-0.25, -0.2) is 0 Å². The van der Waals surface area contributed by atoms with Gasteiger partial charge in [0.25, 0.3) is 5.91 Å². The third-order valence-corrected chi connectivity index (χ3v) is 11.7. The van der Waals surface area contributed by atoms with Gasteiger partial charge < -0.3 is 34.4 Å². The van der Waals surface area contributed by atoms with Crippen LogP contribution in [-0.2, 0) is 33.4 Å². The number of nitrogens with zero attached hydrogens (tertiary/aromatic N) is 2. The number of halogens is 1. The number of hydrogen-bond acceptors (Lipinski definition) is 8. The number of carbonyl (C=O) groups excluding carboxylic acids is 4. The number of aliphatic hydroxyl groups excluding tert-OH is 1. The van der Waals surface area contributed by atoms with Crippen LogP contribution in [0, 0.1) is 25.7 Å². The highest BCUT2D eigenvalue weighted by Crippen LogP contribution is 2.60. The number of benzene rings is 2. The molecule has 5 rings (SSSR count). The van der Waals surface area contributed by atoms with Crippen LogP contribution in [0.2, 0.25) is 0 Å². The van der Waals surface area contributed by atoms with Crippen LogP contribution < -0.4 is 10.2 Å². The van der Waals surface area contributed by atoms with Crippen LogP contribution in [0.1, 0.15) is 67.7 Å². The van der Waals surface area contributed by atoms with Crippen LogP contribution in [0.4, 0.5) is 5.69 Å². The molecule has 0 aromatic heterocycles. The normalized spacial score (nSPS) is 25.2. The molecule has 3 fully saturated rings. The van der Waals surface area contributed by atoms with Gasteiger partial charge in [-0.05, 0) is 62.3 Å². The molecule has 2 bridgehead atoms. The molecule has 54 heavy (non-hydrogen) atoms. The van der Waals surface area contributed by atoms with Gasteiger partial charge in [-0.2, -0.15) is 0 Å². The fourth-order valence-electron chi connectivity index (χ4n) is 8.39. The maximum absolute atomic E-state index is 15.1. The zero-order valence-electron chi connectivity index (χ0n) is 31.6. The van der Waals surface area contributed by atoms with Crippen molar-refractivity contribution in [3.8, 4) is 0 Å². The summed E-state index contributed by atoms with van der Waals surface area (Å²) in [4.78, 5) is 60.5. The van der Waals surface area contributed by atoms with E-state index in [1.54, 1.807) is 22.0 Å². The van der Waals surface area contributed by atoms with E-state index in [9.17, 15) is 19.5 Å². The first-order chi connectivity index (χ1) is 26.0. The Kier molecular flexibility index (Phi) is 14.3. The van der Waals surface area contributed by atoms with Crippen molar-refractivity contribution >= 4 is 45.3 Å². The monoisotopic (exact) mass is 807 g/mol. The molecule has 11 nitrogen and oxygen atoms in total. The number of amides is 3. The second-order valence-electron chi connectivity index (χ2n) is 14.6. The molecular formula is C42H54BrN3O8. The van der Waals surface area contributed by atoms with Crippen molar-refractivity contribution in [2.24, 2.45) is 11.8 Å². The minimum atomic E-state index is -1.30. The van der Waals surface area contributed by atoms with Crippen LogP contribution in [0.3, 0.4) is 0 Å². The number of aryl methyl sites for hydroxylation is 2. The second kappa shape index (κ2) is 18.7. The maximum atomic E-state index is 15.1. The smallest absolute Gasteiger partial charge is 0.313 e. The zero-order chi connectivity index (χ0) is 39.0. The van der Waals surface area contributed by atoms with Gasteiger partial charge in [-0.15, -0.1) is 13.2 Å². The molecule has 3 aliphatic rings. The number of ether oxygens (including phenoxy) is 3. The zero-order valence-corrected chi connectivity index (χ0v) is 33.2. The second-order valence-corrected chi connectivity index (χ2v) is 15.8. The predicted molar refractivity (Wildman–Crippen MR) is 210 cm³/mol. The molecule has 2 aromatic rings. The highest BCUT2D eigenvalue weighted by molar-refractivity contribution is 9.09. The lowest BCUT2D eigenvalue weighted by atomic mass is 9.70. The summed E-state index contributed by atoms with van der Waals surface area (Å²) in [5.41, 5.74) is 1.95. The molecule has 0 radical (unpaired) electrons. The summed E-state index contributed by atoms with van der Waals surface area (Å²) in [6, 6.07) is 13.3. The third-order valence-electron chi connectivity index (χ3n) is 10.8. The van der Waals surface area contributed by atoms with Gasteiger partial charge in [0.1, 0.15) is 17.7 Å². The van der Waals surface area contributed by atoms with E-state index in [-0.39, 0.29) is 55.3 Å². The van der Waals surface area contributed by atoms with Crippen LogP contribution in [0.25, 0.3) is 0 Å². The van der Waals surface area contributed by atoms with Crippen LogP contribution in [0.5, 0.6) is 0 Å². The fraction of sp³-hybridized carbons (Fsp3) is 0.524. The fourth-order valence-corrected chi connectivity index (χ4v) is 9.33. The Morgan fingerprint density at radius 2 is 1.85 bits per heavy atom. The Balaban J connectivity index is 1.53. The Bertz CT molecular complexity index is 1670. The molecule has 2 N–H and O–H groups in total. The summed E-state index contributed by atoms with van der Waals surface area (Å²) in [5.74, 6) is -3.50. The van der Waals surface area contributed by atoms with Crippen molar-refractivity contribution in [1.29, 1.82) is 0 Å². The van der Waals surface area contributed by atoms with Gasteiger partial charge in [0.2, 0.25) is 11.8 Å². The van der Waals surface area contributed by atoms with Crippen LogP contribution in [-0.4, -0.2) is 95.7 Å². The van der Waals surface area contributed by atoms with E-state index in [1.165, 1.54) is 7.11 Å². The summed E-state index contributed by atoms with van der Waals surface area (Å²) in [6.45, 7) is 12.2. The van der Waals surface area contributed by atoms with Gasteiger partial charge in [0, 0.05) is 43.7 Å². The van der Waals surface area contributed by atoms with Gasteiger partial charge in [-0.3, -0.25) is 19.2 Å². The number of nitrogens with one attached hydrogen (secondary N) is 1. The topological polar surface area (TPSA) is 135 Å². The average Bonchev–Trinajstić information content (AvgIpc) is 3.75. The number of unbranched alkanes of at least 4 members (excludes halogenated alkanes) is 3. The van der Waals surface area contributed by atoms with E-state index in [4.69, 9.17) is 14.2 Å². The summed E-state index contributed by atoms with van der Waals surface area (Å²) < 4.78 is 18.7. The van der Waals surface area contributed by atoms with Gasteiger partial charge >= 0.3 is 5.97 Å². The number of likely N-dealkylation sites (tertiary alicyclic amines) is 1. The van der Waals surface area contributed by atoms with Crippen molar-refractivity contribution in [1.82, 2.24) is 10.2 Å². The van der Waals surface area contributed by atoms with E-state index >= 15 is 4.79 Å². The van der Waals surface area contributed by atoms with Crippen LogP contribution >= 0.6 is 15.9 Å². The van der Waals surface area contributed by atoms with E-state index in [2.05, 4.69) is 34.4 Å². The molecule has 12 heteroatoms. The van der Waals surface area contributed by atoms with E-state index < -0.39 is 47.7 Å². The molecule has 3 aliphatic heterocycles. The summed E-state index contributed by atoms with van der Waals surface area (Å²) in [7, 11) is 1.51. The number of anilines is 1. The molecule has 3 saturated heterocycles. The third kappa shape index (κ3) is 8.51. The minimum absolute atomic E-state index is 0.0583. The molecule has 292 valence electrons. The van der Waals surface area contributed by atoms with Crippen molar-refractivity contribution < 1.29 is 38.5 Å². The lowest BCUT2D eigenvalue weighted by Gasteiger charge is -2.37. The first kappa shape index (κ1) is 41.3. The number of allylic oxidation sites excluding steroid dienone is 1. The molecule has 1 spiro atoms. The molecule has 3 heterocycles. The molecule has 0 aliphatic carbocycles. The average molecular weight is 809 g/mol. The van der Waals surface area contributed by atoms with E-state index in [1.807, 2.05) is 62.4 Å². The minimum Gasteiger partial charge on any atom is -0.455 e. The Hall–Kier alpha value is -3.84. The molecule has 8 atom stereocenters. The quantitative estimate of drug-likeness (QED) is 0.0776. The Morgan fingerprint density at radius 1 is 1.11 bits per heavy atom. The van der Waals surface area contributed by atoms with Crippen LogP contribution in [0.15, 0.2) is 73.8 Å². The number of alkyl halides is 1. The van der Waals surface area contributed by atoms with Crippen molar-refractivity contribution in [2.45, 2.75) is 93.5 Å². The highest BCUT2D eigenvalue weighted by Gasteiger charge is 2.77. The standard InChI is InChI=1S/C42H54BrN3O8/c1-6-8-18-33(48)44-31(26-52-5)36(29-16-12-11-13-17-29)53-41(51)34-35-39(49)46(22-14-9-10-15-23-47)38(42(35)25-30(43)37(34)54-42)40(50)45(21-7-2)32-24-27(3)19-20-28(32)4/h6-7,11-13,16-17,19-20,24,30-31,34-38,47H,1-2,8-10,14-15,18,21-23,25-26H2,3-5H3,(H,44,48)/t30?,31-,34+,35-,36-,37+,38+,42-/m1/s1. The molecule has 2 aromatic carbocycles. The molecule has 1 unspecified atom stereocenters. The summed E-state index contributed by atoms with van der Waals surface area (Å²) in [5, 5.41) is 12.3. The van der Waals surface area contributed by atoms with Crippen molar-refractivity contribution in [3.63, 3.8) is 0 Å². The molecular weight excluding hydrogens is 754 g/mol. The Morgan fingerprint density at radius 3 is 2.54 bits per heavy atom. The first-order valence-corrected chi connectivity index (χ1v) is 19.8.